The van der Waals surface area contributed by atoms with Gasteiger partial charge in [0.25, 0.3) is 0 Å². The zero-order chi connectivity index (χ0) is 34.5. The van der Waals surface area contributed by atoms with Gasteiger partial charge in [0.2, 0.25) is 0 Å². The van der Waals surface area contributed by atoms with E-state index in [1.807, 2.05) is 79.7 Å². The van der Waals surface area contributed by atoms with E-state index >= 15 is 0 Å². The number of aromatic hydroxyl groups is 1. The fraction of sp³-hybridized carbons (Fsp3) is 0.410. The van der Waals surface area contributed by atoms with E-state index in [0.29, 0.717) is 29.9 Å². The van der Waals surface area contributed by atoms with E-state index in [1.54, 1.807) is 32.9 Å². The molecule has 0 spiro atoms. The van der Waals surface area contributed by atoms with Crippen LogP contribution in [0, 0.1) is 47.0 Å². The molecule has 0 radical (unpaired) electrons. The molecule has 0 bridgehead atoms. The second kappa shape index (κ2) is 14.8. The van der Waals surface area contributed by atoms with Crippen LogP contribution in [0.5, 0.6) is 11.5 Å². The Hall–Kier alpha value is -4.39. The van der Waals surface area contributed by atoms with Crippen LogP contribution in [0.25, 0.3) is 22.3 Å². The van der Waals surface area contributed by atoms with Crippen LogP contribution in [0.4, 0.5) is 0 Å². The van der Waals surface area contributed by atoms with Crippen LogP contribution in [-0.4, -0.2) is 11.1 Å². The molecule has 2 aromatic carbocycles. The molecular formula is C39H48O7. The molecular weight excluding hydrogens is 580 g/mol. The maximum Gasteiger partial charge on any atom is 0.347 e. The predicted molar refractivity (Wildman–Crippen MR) is 184 cm³/mol. The number of hydrogen-bond acceptors (Lipinski definition) is 7. The van der Waals surface area contributed by atoms with Gasteiger partial charge in [0.1, 0.15) is 34.1 Å². The van der Waals surface area contributed by atoms with E-state index in [9.17, 15) is 19.5 Å². The van der Waals surface area contributed by atoms with Gasteiger partial charge >= 0.3 is 17.2 Å². The lowest BCUT2D eigenvalue weighted by molar-refractivity contribution is -0.142. The Morgan fingerprint density at radius 3 is 1.43 bits per heavy atom. The third-order valence-electron chi connectivity index (χ3n) is 7.61. The van der Waals surface area contributed by atoms with Gasteiger partial charge in [-0.1, -0.05) is 49.2 Å². The fourth-order valence-electron chi connectivity index (χ4n) is 5.72. The molecule has 0 aliphatic rings. The number of benzene rings is 2. The molecule has 4 aromatic rings. The van der Waals surface area contributed by atoms with Crippen molar-refractivity contribution >= 4 is 5.97 Å². The van der Waals surface area contributed by atoms with E-state index in [1.165, 1.54) is 0 Å². The lowest BCUT2D eigenvalue weighted by atomic mass is 9.93. The van der Waals surface area contributed by atoms with Gasteiger partial charge in [-0.3, -0.25) is 4.79 Å². The summed E-state index contributed by atoms with van der Waals surface area (Å²) in [4.78, 5) is 37.5. The third kappa shape index (κ3) is 8.45. The van der Waals surface area contributed by atoms with Crippen molar-refractivity contribution < 1.29 is 23.5 Å². The number of carbonyl (C=O) groups is 1. The molecule has 7 nitrogen and oxygen atoms in total. The summed E-state index contributed by atoms with van der Waals surface area (Å²) >= 11 is 0. The van der Waals surface area contributed by atoms with Gasteiger partial charge in [0, 0.05) is 25.0 Å². The monoisotopic (exact) mass is 628 g/mol. The standard InChI is InChI=1S/C22H28O4.C17H20O3/c1-8-9-16-12-17(26-21(24)22(5,6)7)19(20(23)25-16)18-14(3)10-13(2)11-15(18)4;1-5-6-13-9-14(18)16(17(19)20-13)15-11(3)7-10(2)8-12(15)4/h10-12H,8-9H2,1-7H3;7-9,18H,5-6H2,1-4H3. The van der Waals surface area contributed by atoms with E-state index in [0.717, 1.165) is 57.3 Å². The van der Waals surface area contributed by atoms with Crippen LogP contribution in [-0.2, 0) is 17.6 Å². The number of carbonyl (C=O) groups excluding carboxylic acids is 1. The first-order valence-corrected chi connectivity index (χ1v) is 15.9. The summed E-state index contributed by atoms with van der Waals surface area (Å²) in [5.41, 5.74) is 6.59. The molecule has 46 heavy (non-hydrogen) atoms. The summed E-state index contributed by atoms with van der Waals surface area (Å²) < 4.78 is 16.5. The molecule has 0 aliphatic carbocycles. The zero-order valence-corrected chi connectivity index (χ0v) is 29.2. The summed E-state index contributed by atoms with van der Waals surface area (Å²) in [6, 6.07) is 11.3. The number of rotatable bonds is 7. The van der Waals surface area contributed by atoms with Gasteiger partial charge in [-0.25, -0.2) is 9.59 Å². The molecule has 7 heteroatoms. The van der Waals surface area contributed by atoms with Crippen molar-refractivity contribution in [1.82, 2.24) is 0 Å². The molecule has 2 heterocycles. The second-order valence-corrected chi connectivity index (χ2v) is 13.2. The van der Waals surface area contributed by atoms with Gasteiger partial charge in [0.05, 0.1) is 5.41 Å². The topological polar surface area (TPSA) is 107 Å². The average Bonchev–Trinajstić information content (AvgIpc) is 2.91. The average molecular weight is 629 g/mol. The van der Waals surface area contributed by atoms with Crippen molar-refractivity contribution in [3.8, 4) is 33.8 Å². The van der Waals surface area contributed by atoms with Gasteiger partial charge in [0.15, 0.2) is 0 Å². The molecule has 0 fully saturated rings. The highest BCUT2D eigenvalue weighted by Crippen LogP contribution is 2.35. The maximum absolute atomic E-state index is 12.8. The van der Waals surface area contributed by atoms with Crippen molar-refractivity contribution in [2.45, 2.75) is 102 Å². The second-order valence-electron chi connectivity index (χ2n) is 13.2. The first kappa shape index (κ1) is 36.1. The van der Waals surface area contributed by atoms with Crippen molar-refractivity contribution in [3.05, 3.63) is 102 Å². The smallest absolute Gasteiger partial charge is 0.347 e. The number of hydrogen-bond donors (Lipinski definition) is 1. The molecule has 0 atom stereocenters. The molecule has 246 valence electrons. The summed E-state index contributed by atoms with van der Waals surface area (Å²) in [7, 11) is 0. The van der Waals surface area contributed by atoms with Gasteiger partial charge in [-0.05, 0) is 109 Å². The Balaban J connectivity index is 0.000000259. The van der Waals surface area contributed by atoms with Gasteiger partial charge < -0.3 is 18.7 Å². The highest BCUT2D eigenvalue weighted by atomic mass is 16.5. The summed E-state index contributed by atoms with van der Waals surface area (Å²) in [6.07, 6.45) is 2.96. The molecule has 0 aliphatic heterocycles. The first-order chi connectivity index (χ1) is 21.5. The third-order valence-corrected chi connectivity index (χ3v) is 7.61. The van der Waals surface area contributed by atoms with Crippen molar-refractivity contribution in [3.63, 3.8) is 0 Å². The quantitative estimate of drug-likeness (QED) is 0.204. The van der Waals surface area contributed by atoms with Crippen LogP contribution in [0.15, 0.2) is 54.8 Å². The summed E-state index contributed by atoms with van der Waals surface area (Å²) in [5.74, 6) is 0.954. The molecule has 0 saturated carbocycles. The molecule has 2 aromatic heterocycles. The molecule has 0 saturated heterocycles. The normalized spacial score (nSPS) is 11.2. The highest BCUT2D eigenvalue weighted by Gasteiger charge is 2.27. The maximum atomic E-state index is 12.8. The van der Waals surface area contributed by atoms with Crippen molar-refractivity contribution in [1.29, 1.82) is 0 Å². The molecule has 4 rings (SSSR count). The van der Waals surface area contributed by atoms with E-state index in [-0.39, 0.29) is 23.0 Å². The minimum atomic E-state index is -0.671. The highest BCUT2D eigenvalue weighted by molar-refractivity contribution is 5.82. The Kier molecular flexibility index (Phi) is 11.6. The van der Waals surface area contributed by atoms with Crippen LogP contribution in [0.2, 0.25) is 0 Å². The first-order valence-electron chi connectivity index (χ1n) is 15.9. The predicted octanol–water partition coefficient (Wildman–Crippen LogP) is 9.03. The molecule has 0 unspecified atom stereocenters. The van der Waals surface area contributed by atoms with Crippen LogP contribution < -0.4 is 16.0 Å². The summed E-state index contributed by atoms with van der Waals surface area (Å²) in [6.45, 7) is 21.2. The Morgan fingerprint density at radius 1 is 0.652 bits per heavy atom. The molecule has 1 N–H and O–H groups in total. The number of aryl methyl sites for hydroxylation is 8. The molecule has 0 amide bonds. The SMILES string of the molecule is CCCc1cc(O)c(-c2c(C)cc(C)cc2C)c(=O)o1.CCCc1cc(OC(=O)C(C)(C)C)c(-c2c(C)cc(C)cc2C)c(=O)o1. The zero-order valence-electron chi connectivity index (χ0n) is 29.2. The number of esters is 1. The minimum absolute atomic E-state index is 0.000229. The van der Waals surface area contributed by atoms with E-state index in [2.05, 4.69) is 0 Å². The number of ether oxygens (including phenoxy) is 1. The Morgan fingerprint density at radius 2 is 1.04 bits per heavy atom. The largest absolute Gasteiger partial charge is 0.507 e. The Labute approximate surface area is 272 Å². The van der Waals surface area contributed by atoms with Crippen molar-refractivity contribution in [2.75, 3.05) is 0 Å². The van der Waals surface area contributed by atoms with Gasteiger partial charge in [-0.15, -0.1) is 0 Å². The lowest BCUT2D eigenvalue weighted by Crippen LogP contribution is -2.26. The van der Waals surface area contributed by atoms with Gasteiger partial charge in [-0.2, -0.15) is 0 Å². The Bertz CT molecular complexity index is 1800. The van der Waals surface area contributed by atoms with E-state index in [4.69, 9.17) is 13.6 Å². The summed E-state index contributed by atoms with van der Waals surface area (Å²) in [5, 5.41) is 10.2. The lowest BCUT2D eigenvalue weighted by Gasteiger charge is -2.19. The minimum Gasteiger partial charge on any atom is -0.507 e. The van der Waals surface area contributed by atoms with Crippen LogP contribution >= 0.6 is 0 Å². The van der Waals surface area contributed by atoms with Crippen LogP contribution in [0.3, 0.4) is 0 Å². The van der Waals surface area contributed by atoms with E-state index < -0.39 is 16.7 Å². The van der Waals surface area contributed by atoms with Crippen LogP contribution in [0.1, 0.15) is 92.4 Å². The fourth-order valence-corrected chi connectivity index (χ4v) is 5.72. The van der Waals surface area contributed by atoms with Crippen molar-refractivity contribution in [2.24, 2.45) is 5.41 Å².